The highest BCUT2D eigenvalue weighted by Gasteiger charge is 2.33. The highest BCUT2D eigenvalue weighted by atomic mass is 32.2. The van der Waals surface area contributed by atoms with Crippen molar-refractivity contribution >= 4 is 46.1 Å². The van der Waals surface area contributed by atoms with E-state index >= 15 is 0 Å². The molecule has 0 radical (unpaired) electrons. The number of nitriles is 1. The van der Waals surface area contributed by atoms with Crippen molar-refractivity contribution in [2.45, 2.75) is 39.9 Å². The molecule has 0 aliphatic carbocycles. The molecule has 1 aliphatic rings. The first kappa shape index (κ1) is 28.1. The molecule has 0 unspecified atom stereocenters. The van der Waals surface area contributed by atoms with Gasteiger partial charge in [-0.3, -0.25) is 19.1 Å². The number of aromatic nitrogens is 1. The van der Waals surface area contributed by atoms with Gasteiger partial charge in [-0.25, -0.2) is 4.39 Å². The summed E-state index contributed by atoms with van der Waals surface area (Å²) < 4.78 is 20.6. The minimum absolute atomic E-state index is 0.0238. The predicted octanol–water partition coefficient (Wildman–Crippen LogP) is 5.60. The van der Waals surface area contributed by atoms with Crippen molar-refractivity contribution in [1.82, 2.24) is 9.47 Å². The van der Waals surface area contributed by atoms with E-state index in [-0.39, 0.29) is 17.3 Å². The van der Waals surface area contributed by atoms with Gasteiger partial charge in [0.15, 0.2) is 0 Å². The third-order valence-electron chi connectivity index (χ3n) is 6.34. The molecule has 200 valence electrons. The van der Waals surface area contributed by atoms with Crippen molar-refractivity contribution in [3.05, 3.63) is 97.4 Å². The van der Waals surface area contributed by atoms with Crippen LogP contribution in [0.3, 0.4) is 0 Å². The number of pyridine rings is 1. The second-order valence-corrected chi connectivity index (χ2v) is 10.6. The van der Waals surface area contributed by atoms with Gasteiger partial charge >= 0.3 is 0 Å². The summed E-state index contributed by atoms with van der Waals surface area (Å²) in [7, 11) is 1.59. The van der Waals surface area contributed by atoms with Crippen LogP contribution in [0.2, 0.25) is 0 Å². The second-order valence-electron chi connectivity index (χ2n) is 8.93. The molecule has 2 heterocycles. The van der Waals surface area contributed by atoms with Gasteiger partial charge in [-0.2, -0.15) is 5.26 Å². The number of methoxy groups -OCH3 is 1. The number of nitrogens with zero attached hydrogens (tertiary/aromatic N) is 3. The maximum absolute atomic E-state index is 13.4. The van der Waals surface area contributed by atoms with Crippen LogP contribution < -0.4 is 15.6 Å². The third kappa shape index (κ3) is 6.05. The fourth-order valence-corrected chi connectivity index (χ4v) is 5.50. The number of hydrogen-bond donors (Lipinski definition) is 1. The van der Waals surface area contributed by atoms with Crippen molar-refractivity contribution in [2.75, 3.05) is 12.4 Å². The normalized spacial score (nSPS) is 14.1. The Morgan fingerprint density at radius 1 is 1.13 bits per heavy atom. The number of anilines is 1. The van der Waals surface area contributed by atoms with E-state index in [2.05, 4.69) is 5.32 Å². The Hall–Kier alpha value is -3.94. The number of halogens is 1. The van der Waals surface area contributed by atoms with E-state index in [1.807, 2.05) is 37.3 Å². The summed E-state index contributed by atoms with van der Waals surface area (Å²) in [6.45, 7) is 4.63. The minimum Gasteiger partial charge on any atom is -0.497 e. The molecule has 4 rings (SSSR count). The monoisotopic (exact) mass is 562 g/mol. The number of carbonyl (C=O) groups is 1. The molecule has 1 fully saturated rings. The highest BCUT2D eigenvalue weighted by Crippen LogP contribution is 2.36. The van der Waals surface area contributed by atoms with E-state index in [1.165, 1.54) is 33.4 Å². The SMILES string of the molecule is CCCn1c(NCc2ccc(F)cc2)c(/C=C2/SC(=S)N(Cc3ccc(OC)cc3)C2=O)c(C)c(C#N)c1=O. The van der Waals surface area contributed by atoms with Crippen molar-refractivity contribution < 1.29 is 13.9 Å². The molecule has 10 heteroatoms. The maximum Gasteiger partial charge on any atom is 0.270 e. The van der Waals surface area contributed by atoms with Gasteiger partial charge in [0.2, 0.25) is 0 Å². The Morgan fingerprint density at radius 3 is 2.41 bits per heavy atom. The van der Waals surface area contributed by atoms with E-state index in [9.17, 15) is 19.2 Å². The highest BCUT2D eigenvalue weighted by molar-refractivity contribution is 8.26. The standard InChI is InChI=1S/C29H27FN4O3S2/c1-4-13-33-26(32-16-19-5-9-21(30)10-6-19)23(18(2)24(15-31)27(33)35)14-25-28(36)34(29(38)39-25)17-20-7-11-22(37-3)12-8-20/h5-12,14,32H,4,13,16-17H2,1-3H3/b25-14+. The Balaban J connectivity index is 1.74. The van der Waals surface area contributed by atoms with Gasteiger partial charge in [0.1, 0.15) is 33.3 Å². The summed E-state index contributed by atoms with van der Waals surface area (Å²) in [6, 6.07) is 15.5. The number of thiocarbonyl (C=S) groups is 1. The number of amides is 1. The molecule has 0 bridgehead atoms. The van der Waals surface area contributed by atoms with E-state index in [0.717, 1.165) is 16.9 Å². The van der Waals surface area contributed by atoms with Crippen molar-refractivity contribution in [3.63, 3.8) is 0 Å². The molecule has 2 aromatic carbocycles. The van der Waals surface area contributed by atoms with Gasteiger partial charge < -0.3 is 10.1 Å². The zero-order valence-electron chi connectivity index (χ0n) is 21.8. The quantitative estimate of drug-likeness (QED) is 0.268. The summed E-state index contributed by atoms with van der Waals surface area (Å²) in [5.74, 6) is 0.614. The molecule has 1 aliphatic heterocycles. The molecule has 1 amide bonds. The molecule has 39 heavy (non-hydrogen) atoms. The summed E-state index contributed by atoms with van der Waals surface area (Å²) >= 11 is 6.71. The largest absolute Gasteiger partial charge is 0.497 e. The zero-order valence-corrected chi connectivity index (χ0v) is 23.4. The lowest BCUT2D eigenvalue weighted by atomic mass is 10.0. The fraction of sp³-hybridized carbons (Fsp3) is 0.241. The van der Waals surface area contributed by atoms with Crippen LogP contribution in [0.4, 0.5) is 10.2 Å². The van der Waals surface area contributed by atoms with Gasteiger partial charge in [-0.05, 0) is 60.4 Å². The Labute approximate surface area is 235 Å². The average molecular weight is 563 g/mol. The smallest absolute Gasteiger partial charge is 0.270 e. The molecule has 1 aromatic heterocycles. The number of ether oxygens (including phenoxy) is 1. The van der Waals surface area contributed by atoms with E-state index in [0.29, 0.717) is 52.2 Å². The first-order chi connectivity index (χ1) is 18.8. The number of carbonyl (C=O) groups excluding carboxylic acids is 1. The summed E-state index contributed by atoms with van der Waals surface area (Å²) in [5, 5.41) is 13.1. The van der Waals surface area contributed by atoms with Crippen LogP contribution in [0.1, 0.15) is 41.2 Å². The van der Waals surface area contributed by atoms with Crippen molar-refractivity contribution in [3.8, 4) is 11.8 Å². The first-order valence-electron chi connectivity index (χ1n) is 12.3. The topological polar surface area (TPSA) is 87.4 Å². The van der Waals surface area contributed by atoms with Gasteiger partial charge in [0, 0.05) is 18.7 Å². The second kappa shape index (κ2) is 12.3. The molecular weight excluding hydrogens is 535 g/mol. The van der Waals surface area contributed by atoms with Crippen LogP contribution in [0.25, 0.3) is 6.08 Å². The molecule has 0 saturated carbocycles. The molecule has 7 nitrogen and oxygen atoms in total. The number of rotatable bonds is 9. The van der Waals surface area contributed by atoms with Crippen LogP contribution in [-0.4, -0.2) is 26.8 Å². The molecule has 0 spiro atoms. The van der Waals surface area contributed by atoms with Crippen LogP contribution in [0.5, 0.6) is 5.75 Å². The Morgan fingerprint density at radius 2 is 1.79 bits per heavy atom. The summed E-state index contributed by atoms with van der Waals surface area (Å²) in [5.41, 5.74) is 2.36. The van der Waals surface area contributed by atoms with Gasteiger partial charge in [-0.15, -0.1) is 0 Å². The van der Waals surface area contributed by atoms with E-state index in [4.69, 9.17) is 17.0 Å². The van der Waals surface area contributed by atoms with E-state index < -0.39 is 5.56 Å². The lowest BCUT2D eigenvalue weighted by Crippen LogP contribution is -2.28. The molecule has 1 saturated heterocycles. The molecular formula is C29H27FN4O3S2. The predicted molar refractivity (Wildman–Crippen MR) is 156 cm³/mol. The number of nitrogens with one attached hydrogen (secondary N) is 1. The Bertz CT molecular complexity index is 1540. The van der Waals surface area contributed by atoms with Crippen LogP contribution in [-0.2, 0) is 24.4 Å². The van der Waals surface area contributed by atoms with Gasteiger partial charge in [0.05, 0.1) is 18.6 Å². The number of thioether (sulfide) groups is 1. The van der Waals surface area contributed by atoms with E-state index in [1.54, 1.807) is 32.2 Å². The zero-order chi connectivity index (χ0) is 28.1. The molecule has 3 aromatic rings. The van der Waals surface area contributed by atoms with Crippen LogP contribution in [0.15, 0.2) is 58.2 Å². The lowest BCUT2D eigenvalue weighted by Gasteiger charge is -2.20. The van der Waals surface area contributed by atoms with Crippen molar-refractivity contribution in [1.29, 1.82) is 5.26 Å². The number of hydrogen-bond acceptors (Lipinski definition) is 7. The third-order valence-corrected chi connectivity index (χ3v) is 7.72. The molecule has 0 atom stereocenters. The van der Waals surface area contributed by atoms with Gasteiger partial charge in [0.25, 0.3) is 11.5 Å². The number of benzene rings is 2. The molecule has 1 N–H and O–H groups in total. The fourth-order valence-electron chi connectivity index (χ4n) is 4.26. The summed E-state index contributed by atoms with van der Waals surface area (Å²) in [4.78, 5) is 28.6. The Kier molecular flexibility index (Phi) is 8.84. The average Bonchev–Trinajstić information content (AvgIpc) is 3.20. The van der Waals surface area contributed by atoms with Crippen LogP contribution in [0, 0.1) is 24.1 Å². The van der Waals surface area contributed by atoms with Crippen LogP contribution >= 0.6 is 24.0 Å². The van der Waals surface area contributed by atoms with Gasteiger partial charge in [-0.1, -0.05) is 55.2 Å². The lowest BCUT2D eigenvalue weighted by molar-refractivity contribution is -0.122. The van der Waals surface area contributed by atoms with Crippen molar-refractivity contribution in [2.24, 2.45) is 0 Å². The maximum atomic E-state index is 13.4. The summed E-state index contributed by atoms with van der Waals surface area (Å²) in [6.07, 6.45) is 2.35. The first-order valence-corrected chi connectivity index (χ1v) is 13.5. The minimum atomic E-state index is -0.400.